The standard InChI is InChI=1S/C15H15ClN2O2/c1-15(2,3)14-17-8-10(13(19)20)12(18-14)9-6-4-5-7-11(9)16/h4-8H,1-3H3,(H,19,20). The Bertz CT molecular complexity index is 663. The summed E-state index contributed by atoms with van der Waals surface area (Å²) in [5.74, 6) is -0.488. The number of rotatable bonds is 2. The van der Waals surface area contributed by atoms with Gasteiger partial charge in [0, 0.05) is 22.2 Å². The van der Waals surface area contributed by atoms with E-state index in [-0.39, 0.29) is 11.0 Å². The fourth-order valence-electron chi connectivity index (χ4n) is 1.76. The smallest absolute Gasteiger partial charge is 0.339 e. The van der Waals surface area contributed by atoms with Crippen LogP contribution < -0.4 is 0 Å². The lowest BCUT2D eigenvalue weighted by Gasteiger charge is -2.18. The predicted octanol–water partition coefficient (Wildman–Crippen LogP) is 3.79. The van der Waals surface area contributed by atoms with E-state index in [1.165, 1.54) is 6.20 Å². The third-order valence-corrected chi connectivity index (χ3v) is 3.15. The summed E-state index contributed by atoms with van der Waals surface area (Å²) in [6, 6.07) is 7.05. The van der Waals surface area contributed by atoms with Crippen LogP contribution >= 0.6 is 11.6 Å². The number of hydrogen-bond acceptors (Lipinski definition) is 3. The van der Waals surface area contributed by atoms with E-state index in [2.05, 4.69) is 9.97 Å². The molecule has 104 valence electrons. The molecule has 0 aliphatic heterocycles. The van der Waals surface area contributed by atoms with Gasteiger partial charge in [0.1, 0.15) is 11.4 Å². The van der Waals surface area contributed by atoms with Gasteiger partial charge in [-0.2, -0.15) is 0 Å². The van der Waals surface area contributed by atoms with E-state index in [1.807, 2.05) is 20.8 Å². The molecule has 0 saturated heterocycles. The van der Waals surface area contributed by atoms with Gasteiger partial charge in [-0.05, 0) is 6.07 Å². The average molecular weight is 291 g/mol. The highest BCUT2D eigenvalue weighted by Crippen LogP contribution is 2.30. The lowest BCUT2D eigenvalue weighted by atomic mass is 9.95. The highest BCUT2D eigenvalue weighted by Gasteiger charge is 2.22. The molecular weight excluding hydrogens is 276 g/mol. The second kappa shape index (κ2) is 5.21. The van der Waals surface area contributed by atoms with E-state index in [0.717, 1.165) is 0 Å². The molecule has 0 atom stereocenters. The number of hydrogen-bond donors (Lipinski definition) is 1. The van der Waals surface area contributed by atoms with Crippen LogP contribution in [0.4, 0.5) is 0 Å². The molecule has 0 radical (unpaired) electrons. The SMILES string of the molecule is CC(C)(C)c1ncc(C(=O)O)c(-c2ccccc2Cl)n1. The van der Waals surface area contributed by atoms with E-state index >= 15 is 0 Å². The summed E-state index contributed by atoms with van der Waals surface area (Å²) in [5, 5.41) is 9.75. The highest BCUT2D eigenvalue weighted by molar-refractivity contribution is 6.33. The summed E-state index contributed by atoms with van der Waals surface area (Å²) in [5.41, 5.74) is 0.723. The zero-order valence-corrected chi connectivity index (χ0v) is 12.3. The fourth-order valence-corrected chi connectivity index (χ4v) is 1.98. The molecule has 0 unspecified atom stereocenters. The van der Waals surface area contributed by atoms with Crippen LogP contribution in [0.3, 0.4) is 0 Å². The van der Waals surface area contributed by atoms with Crippen molar-refractivity contribution in [2.75, 3.05) is 0 Å². The molecule has 0 saturated carbocycles. The van der Waals surface area contributed by atoms with Crippen molar-refractivity contribution >= 4 is 17.6 Å². The highest BCUT2D eigenvalue weighted by atomic mass is 35.5. The molecule has 4 nitrogen and oxygen atoms in total. The van der Waals surface area contributed by atoms with Gasteiger partial charge in [-0.3, -0.25) is 0 Å². The summed E-state index contributed by atoms with van der Waals surface area (Å²) in [7, 11) is 0. The van der Waals surface area contributed by atoms with Crippen molar-refractivity contribution in [1.29, 1.82) is 0 Å². The topological polar surface area (TPSA) is 63.1 Å². The van der Waals surface area contributed by atoms with E-state index in [1.54, 1.807) is 24.3 Å². The number of carbonyl (C=O) groups is 1. The minimum atomic E-state index is -1.07. The third kappa shape index (κ3) is 2.80. The Kier molecular flexibility index (Phi) is 3.77. The number of halogens is 1. The Morgan fingerprint density at radius 2 is 1.90 bits per heavy atom. The van der Waals surface area contributed by atoms with E-state index < -0.39 is 5.97 Å². The van der Waals surface area contributed by atoms with Crippen LogP contribution in [0, 0.1) is 0 Å². The molecule has 5 heteroatoms. The van der Waals surface area contributed by atoms with Crippen molar-refractivity contribution in [3.63, 3.8) is 0 Å². The monoisotopic (exact) mass is 290 g/mol. The van der Waals surface area contributed by atoms with Gasteiger partial charge in [0.2, 0.25) is 0 Å². The Labute approximate surface area is 122 Å². The van der Waals surface area contributed by atoms with Gasteiger partial charge in [-0.1, -0.05) is 50.6 Å². The molecule has 1 heterocycles. The normalized spacial score (nSPS) is 11.4. The first kappa shape index (κ1) is 14.5. The molecule has 0 aliphatic carbocycles. The summed E-state index contributed by atoms with van der Waals surface area (Å²) >= 11 is 6.15. The largest absolute Gasteiger partial charge is 0.478 e. The Hall–Kier alpha value is -1.94. The number of nitrogens with zero attached hydrogens (tertiary/aromatic N) is 2. The number of aromatic nitrogens is 2. The minimum absolute atomic E-state index is 0.0473. The molecule has 1 aromatic carbocycles. The van der Waals surface area contributed by atoms with Gasteiger partial charge >= 0.3 is 5.97 Å². The van der Waals surface area contributed by atoms with Gasteiger partial charge in [0.15, 0.2) is 0 Å². The third-order valence-electron chi connectivity index (χ3n) is 2.82. The van der Waals surface area contributed by atoms with Gasteiger partial charge in [0.05, 0.1) is 5.69 Å². The van der Waals surface area contributed by atoms with Crippen LogP contribution in [0.25, 0.3) is 11.3 Å². The van der Waals surface area contributed by atoms with Gasteiger partial charge in [-0.15, -0.1) is 0 Å². The molecule has 0 aliphatic rings. The quantitative estimate of drug-likeness (QED) is 0.914. The summed E-state index contributed by atoms with van der Waals surface area (Å²) in [6.07, 6.45) is 1.34. The van der Waals surface area contributed by atoms with Crippen LogP contribution in [-0.4, -0.2) is 21.0 Å². The maximum absolute atomic E-state index is 11.3. The number of aromatic carboxylic acids is 1. The number of carboxylic acids is 1. The first-order valence-electron chi connectivity index (χ1n) is 6.16. The van der Waals surface area contributed by atoms with Crippen LogP contribution in [0.15, 0.2) is 30.5 Å². The molecule has 0 bridgehead atoms. The molecule has 1 N–H and O–H groups in total. The van der Waals surface area contributed by atoms with E-state index in [4.69, 9.17) is 11.6 Å². The summed E-state index contributed by atoms with van der Waals surface area (Å²) in [6.45, 7) is 5.91. The second-order valence-electron chi connectivity index (χ2n) is 5.49. The van der Waals surface area contributed by atoms with Crippen molar-refractivity contribution in [3.05, 3.63) is 46.9 Å². The van der Waals surface area contributed by atoms with Crippen LogP contribution in [0.2, 0.25) is 5.02 Å². The van der Waals surface area contributed by atoms with E-state index in [9.17, 15) is 9.90 Å². The molecule has 1 aromatic heterocycles. The number of benzene rings is 1. The van der Waals surface area contributed by atoms with Crippen molar-refractivity contribution in [2.45, 2.75) is 26.2 Å². The van der Waals surface area contributed by atoms with Gasteiger partial charge in [-0.25, -0.2) is 14.8 Å². The second-order valence-corrected chi connectivity index (χ2v) is 5.90. The number of carboxylic acid groups (broad SMARTS) is 1. The maximum atomic E-state index is 11.3. The molecule has 2 aromatic rings. The predicted molar refractivity (Wildman–Crippen MR) is 78.1 cm³/mol. The Balaban J connectivity index is 2.71. The zero-order chi connectivity index (χ0) is 14.9. The molecule has 2 rings (SSSR count). The lowest BCUT2D eigenvalue weighted by Crippen LogP contribution is -2.18. The van der Waals surface area contributed by atoms with Crippen molar-refractivity contribution < 1.29 is 9.90 Å². The first-order chi connectivity index (χ1) is 9.30. The van der Waals surface area contributed by atoms with Gasteiger partial charge in [0.25, 0.3) is 0 Å². The summed E-state index contributed by atoms with van der Waals surface area (Å²) in [4.78, 5) is 19.9. The van der Waals surface area contributed by atoms with Crippen molar-refractivity contribution in [2.24, 2.45) is 0 Å². The molecule has 0 spiro atoms. The first-order valence-corrected chi connectivity index (χ1v) is 6.54. The molecule has 20 heavy (non-hydrogen) atoms. The lowest BCUT2D eigenvalue weighted by molar-refractivity contribution is 0.0696. The molecule has 0 amide bonds. The van der Waals surface area contributed by atoms with Crippen molar-refractivity contribution in [1.82, 2.24) is 9.97 Å². The molecular formula is C15H15ClN2O2. The average Bonchev–Trinajstić information content (AvgIpc) is 2.37. The van der Waals surface area contributed by atoms with Crippen LogP contribution in [-0.2, 0) is 5.41 Å². The summed E-state index contributed by atoms with van der Waals surface area (Å²) < 4.78 is 0. The van der Waals surface area contributed by atoms with Gasteiger partial charge < -0.3 is 5.11 Å². The zero-order valence-electron chi connectivity index (χ0n) is 11.5. The Morgan fingerprint density at radius 1 is 1.25 bits per heavy atom. The van der Waals surface area contributed by atoms with E-state index in [0.29, 0.717) is 22.1 Å². The van der Waals surface area contributed by atoms with Crippen LogP contribution in [0.1, 0.15) is 37.0 Å². The fraction of sp³-hybridized carbons (Fsp3) is 0.267. The minimum Gasteiger partial charge on any atom is -0.478 e. The van der Waals surface area contributed by atoms with Crippen molar-refractivity contribution in [3.8, 4) is 11.3 Å². The maximum Gasteiger partial charge on any atom is 0.339 e. The Morgan fingerprint density at radius 3 is 2.45 bits per heavy atom. The molecule has 0 fully saturated rings. The van der Waals surface area contributed by atoms with Crippen LogP contribution in [0.5, 0.6) is 0 Å².